The van der Waals surface area contributed by atoms with Crippen LogP contribution < -0.4 is 5.43 Å². The second-order valence-corrected chi connectivity index (χ2v) is 4.40. The van der Waals surface area contributed by atoms with Crippen molar-refractivity contribution in [1.29, 1.82) is 0 Å². The number of amides is 1. The lowest BCUT2D eigenvalue weighted by Crippen LogP contribution is -2.30. The summed E-state index contributed by atoms with van der Waals surface area (Å²) < 4.78 is 48.9. The molecule has 1 aromatic rings. The number of methoxy groups -OCH3 is 1. The van der Waals surface area contributed by atoms with E-state index in [2.05, 4.69) is 15.3 Å². The minimum absolute atomic E-state index is 0.0228. The van der Waals surface area contributed by atoms with Gasteiger partial charge >= 0.3 is 12.3 Å². The van der Waals surface area contributed by atoms with Crippen LogP contribution in [0.15, 0.2) is 29.4 Å². The highest BCUT2D eigenvalue weighted by atomic mass is 19.4. The predicted molar refractivity (Wildman–Crippen MR) is 73.4 cm³/mol. The first-order valence-electron chi connectivity index (χ1n) is 6.28. The van der Waals surface area contributed by atoms with Crippen LogP contribution in [0.2, 0.25) is 0 Å². The Morgan fingerprint density at radius 3 is 2.82 bits per heavy atom. The lowest BCUT2D eigenvalue weighted by molar-refractivity contribution is -0.137. The molecule has 0 fully saturated rings. The Morgan fingerprint density at radius 1 is 1.45 bits per heavy atom. The van der Waals surface area contributed by atoms with E-state index in [0.717, 1.165) is 6.07 Å². The maximum Gasteiger partial charge on any atom is 0.428 e. The monoisotopic (exact) mass is 314 g/mol. The van der Waals surface area contributed by atoms with Gasteiger partial charge in [0.25, 0.3) is 0 Å². The SMILES string of the molecule is COCC=Cc1ccc(C2=NNC(=O)OC2)cc1C(F)(F)F. The van der Waals surface area contributed by atoms with Crippen LogP contribution in [-0.2, 0) is 15.7 Å². The van der Waals surface area contributed by atoms with Crippen molar-refractivity contribution in [2.45, 2.75) is 6.18 Å². The van der Waals surface area contributed by atoms with Gasteiger partial charge in [-0.3, -0.25) is 0 Å². The summed E-state index contributed by atoms with van der Waals surface area (Å²) >= 11 is 0. The van der Waals surface area contributed by atoms with Crippen LogP contribution in [-0.4, -0.2) is 32.1 Å². The van der Waals surface area contributed by atoms with Crippen molar-refractivity contribution in [3.8, 4) is 0 Å². The molecule has 0 bridgehead atoms. The maximum atomic E-state index is 13.2. The number of alkyl halides is 3. The Bertz CT molecular complexity index is 624. The molecule has 1 aliphatic rings. The number of hydrogen-bond donors (Lipinski definition) is 1. The number of carbonyl (C=O) groups excluding carboxylic acids is 1. The zero-order valence-electron chi connectivity index (χ0n) is 11.6. The van der Waals surface area contributed by atoms with Gasteiger partial charge in [0, 0.05) is 12.7 Å². The molecule has 1 amide bonds. The second-order valence-electron chi connectivity index (χ2n) is 4.40. The quantitative estimate of drug-likeness (QED) is 0.929. The number of benzene rings is 1. The fourth-order valence-electron chi connectivity index (χ4n) is 1.86. The number of hydrogen-bond acceptors (Lipinski definition) is 4. The number of nitrogens with one attached hydrogen (secondary N) is 1. The summed E-state index contributed by atoms with van der Waals surface area (Å²) in [4.78, 5) is 10.8. The van der Waals surface area contributed by atoms with E-state index in [1.165, 1.54) is 31.4 Å². The fraction of sp³-hybridized carbons (Fsp3) is 0.286. The van der Waals surface area contributed by atoms with Gasteiger partial charge in [0.2, 0.25) is 0 Å². The van der Waals surface area contributed by atoms with Crippen LogP contribution in [0.1, 0.15) is 16.7 Å². The number of hydrazone groups is 1. The molecule has 0 aromatic heterocycles. The van der Waals surface area contributed by atoms with E-state index in [-0.39, 0.29) is 30.1 Å². The molecular formula is C14H13F3N2O3. The molecule has 1 heterocycles. The Hall–Kier alpha value is -2.35. The van der Waals surface area contributed by atoms with E-state index in [1.807, 2.05) is 0 Å². The first kappa shape index (κ1) is 16.0. The summed E-state index contributed by atoms with van der Waals surface area (Å²) in [5.41, 5.74) is 1.74. The molecule has 0 aliphatic carbocycles. The summed E-state index contributed by atoms with van der Waals surface area (Å²) in [6, 6.07) is 3.80. The average Bonchev–Trinajstić information content (AvgIpc) is 2.47. The molecule has 1 aromatic carbocycles. The van der Waals surface area contributed by atoms with Gasteiger partial charge in [-0.2, -0.15) is 18.3 Å². The van der Waals surface area contributed by atoms with E-state index < -0.39 is 17.8 Å². The van der Waals surface area contributed by atoms with E-state index in [9.17, 15) is 18.0 Å². The largest absolute Gasteiger partial charge is 0.442 e. The molecule has 22 heavy (non-hydrogen) atoms. The molecule has 0 unspecified atom stereocenters. The Morgan fingerprint density at radius 2 is 2.23 bits per heavy atom. The second kappa shape index (κ2) is 6.61. The van der Waals surface area contributed by atoms with E-state index >= 15 is 0 Å². The van der Waals surface area contributed by atoms with E-state index in [1.54, 1.807) is 0 Å². The molecule has 2 rings (SSSR count). The highest BCUT2D eigenvalue weighted by Crippen LogP contribution is 2.33. The van der Waals surface area contributed by atoms with Crippen molar-refractivity contribution in [2.75, 3.05) is 20.3 Å². The van der Waals surface area contributed by atoms with Gasteiger partial charge in [-0.1, -0.05) is 24.3 Å². The summed E-state index contributed by atoms with van der Waals surface area (Å²) in [6.45, 7) is 0.0353. The van der Waals surface area contributed by atoms with Crippen LogP contribution in [0.4, 0.5) is 18.0 Å². The highest BCUT2D eigenvalue weighted by Gasteiger charge is 2.33. The van der Waals surface area contributed by atoms with Crippen LogP contribution in [0.25, 0.3) is 6.08 Å². The molecule has 5 nitrogen and oxygen atoms in total. The molecule has 118 valence electrons. The summed E-state index contributed by atoms with van der Waals surface area (Å²) in [7, 11) is 1.45. The van der Waals surface area contributed by atoms with Crippen LogP contribution in [0.3, 0.4) is 0 Å². The normalized spacial score (nSPS) is 15.5. The third-order valence-electron chi connectivity index (χ3n) is 2.87. The zero-order valence-corrected chi connectivity index (χ0v) is 11.6. The van der Waals surface area contributed by atoms with Crippen LogP contribution in [0, 0.1) is 0 Å². The molecular weight excluding hydrogens is 301 g/mol. The lowest BCUT2D eigenvalue weighted by Gasteiger charge is -2.16. The molecule has 8 heteroatoms. The molecule has 0 radical (unpaired) electrons. The van der Waals surface area contributed by atoms with Crippen molar-refractivity contribution in [3.05, 3.63) is 41.0 Å². The molecule has 0 atom stereocenters. The minimum atomic E-state index is -4.51. The molecule has 0 saturated carbocycles. The number of cyclic esters (lactones) is 1. The van der Waals surface area contributed by atoms with Crippen molar-refractivity contribution >= 4 is 17.9 Å². The third kappa shape index (κ3) is 3.85. The summed E-state index contributed by atoms with van der Waals surface area (Å²) in [5.74, 6) is 0. The molecule has 1 N–H and O–H groups in total. The van der Waals surface area contributed by atoms with Gasteiger partial charge in [-0.05, 0) is 11.6 Å². The van der Waals surface area contributed by atoms with Gasteiger partial charge in [-0.25, -0.2) is 10.2 Å². The van der Waals surface area contributed by atoms with E-state index in [4.69, 9.17) is 4.74 Å². The zero-order chi connectivity index (χ0) is 16.2. The van der Waals surface area contributed by atoms with Crippen molar-refractivity contribution in [1.82, 2.24) is 5.43 Å². The van der Waals surface area contributed by atoms with Crippen LogP contribution in [0.5, 0.6) is 0 Å². The van der Waals surface area contributed by atoms with Gasteiger partial charge in [0.1, 0.15) is 12.3 Å². The third-order valence-corrected chi connectivity index (χ3v) is 2.87. The van der Waals surface area contributed by atoms with Gasteiger partial charge in [0.15, 0.2) is 0 Å². The minimum Gasteiger partial charge on any atom is -0.442 e. The summed E-state index contributed by atoms with van der Waals surface area (Å²) in [6.07, 6.45) is -2.41. The fourth-order valence-corrected chi connectivity index (χ4v) is 1.86. The number of rotatable bonds is 4. The predicted octanol–water partition coefficient (Wildman–Crippen LogP) is 2.81. The Labute approximate surface area is 124 Å². The van der Waals surface area contributed by atoms with Crippen molar-refractivity contribution in [3.63, 3.8) is 0 Å². The molecule has 0 saturated heterocycles. The lowest BCUT2D eigenvalue weighted by atomic mass is 10.0. The Balaban J connectivity index is 2.37. The molecule has 1 aliphatic heterocycles. The first-order chi connectivity index (χ1) is 10.4. The van der Waals surface area contributed by atoms with Gasteiger partial charge < -0.3 is 9.47 Å². The van der Waals surface area contributed by atoms with Crippen molar-refractivity contribution in [2.24, 2.45) is 5.10 Å². The number of carbonyl (C=O) groups is 1. The summed E-state index contributed by atoms with van der Waals surface area (Å²) in [5, 5.41) is 3.70. The smallest absolute Gasteiger partial charge is 0.428 e. The standard InChI is InChI=1S/C14H13F3N2O3/c1-21-6-2-3-9-4-5-10(7-11(9)14(15,16)17)12-8-22-13(20)19-18-12/h2-5,7H,6,8H2,1H3,(H,19,20). The highest BCUT2D eigenvalue weighted by molar-refractivity contribution is 6.04. The number of nitrogens with zero attached hydrogens (tertiary/aromatic N) is 1. The van der Waals surface area contributed by atoms with Crippen LogP contribution >= 0.6 is 0 Å². The Kier molecular flexibility index (Phi) is 4.81. The average molecular weight is 314 g/mol. The van der Waals surface area contributed by atoms with Gasteiger partial charge in [-0.15, -0.1) is 0 Å². The topological polar surface area (TPSA) is 59.9 Å². The van der Waals surface area contributed by atoms with E-state index in [0.29, 0.717) is 0 Å². The van der Waals surface area contributed by atoms with Gasteiger partial charge in [0.05, 0.1) is 12.2 Å². The number of ether oxygens (including phenoxy) is 2. The number of halogens is 3. The first-order valence-corrected chi connectivity index (χ1v) is 6.28. The van der Waals surface area contributed by atoms with Crippen molar-refractivity contribution < 1.29 is 27.4 Å². The molecule has 0 spiro atoms. The maximum absolute atomic E-state index is 13.2.